The molecule has 174 valence electrons. The fourth-order valence-corrected chi connectivity index (χ4v) is 3.42. The van der Waals surface area contributed by atoms with Crippen LogP contribution in [0.1, 0.15) is 22.3 Å². The number of anilines is 1. The Morgan fingerprint density at radius 2 is 1.86 bits per heavy atom. The van der Waals surface area contributed by atoms with Crippen LogP contribution < -0.4 is 20.5 Å². The van der Waals surface area contributed by atoms with Crippen molar-refractivity contribution in [3.8, 4) is 28.8 Å². The lowest BCUT2D eigenvalue weighted by molar-refractivity contribution is 0.284. The number of aromatic amines is 1. The Morgan fingerprint density at radius 1 is 1.09 bits per heavy atom. The van der Waals surface area contributed by atoms with Crippen LogP contribution in [0.3, 0.4) is 0 Å². The van der Waals surface area contributed by atoms with Gasteiger partial charge in [-0.3, -0.25) is 9.78 Å². The number of benzene rings is 3. The van der Waals surface area contributed by atoms with Crippen molar-refractivity contribution < 1.29 is 9.47 Å². The number of nitrogens with zero attached hydrogens (tertiary/aromatic N) is 3. The summed E-state index contributed by atoms with van der Waals surface area (Å²) in [6.07, 6.45) is 1.57. The van der Waals surface area contributed by atoms with Gasteiger partial charge in [0, 0.05) is 5.56 Å². The molecule has 0 spiro atoms. The number of rotatable bonds is 8. The summed E-state index contributed by atoms with van der Waals surface area (Å²) in [6, 6.07) is 24.4. The number of methoxy groups -OCH3 is 1. The second-order valence-electron chi connectivity index (χ2n) is 7.61. The van der Waals surface area contributed by atoms with E-state index in [1.165, 1.54) is 0 Å². The first kappa shape index (κ1) is 23.3. The minimum Gasteiger partial charge on any atom is -0.493 e. The summed E-state index contributed by atoms with van der Waals surface area (Å²) < 4.78 is 11.4. The van der Waals surface area contributed by atoms with Gasteiger partial charge < -0.3 is 9.47 Å². The highest BCUT2D eigenvalue weighted by molar-refractivity contribution is 5.81. The second-order valence-corrected chi connectivity index (χ2v) is 7.61. The van der Waals surface area contributed by atoms with Crippen LogP contribution in [0.2, 0.25) is 0 Å². The number of ether oxygens (including phenoxy) is 2. The molecular weight excluding hydrogens is 442 g/mol. The van der Waals surface area contributed by atoms with E-state index in [1.54, 1.807) is 31.5 Å². The van der Waals surface area contributed by atoms with Gasteiger partial charge in [0.1, 0.15) is 18.2 Å². The van der Waals surface area contributed by atoms with Crippen molar-refractivity contribution in [2.75, 3.05) is 12.5 Å². The van der Waals surface area contributed by atoms with Crippen molar-refractivity contribution in [3.05, 3.63) is 105 Å². The largest absolute Gasteiger partial charge is 0.493 e. The number of hydrazone groups is 1. The number of hydrogen-bond donors (Lipinski definition) is 2. The van der Waals surface area contributed by atoms with E-state index < -0.39 is 5.56 Å². The number of H-pyrrole nitrogens is 1. The minimum absolute atomic E-state index is 0.0590. The molecule has 4 rings (SSSR count). The zero-order valence-corrected chi connectivity index (χ0v) is 19.3. The van der Waals surface area contributed by atoms with Gasteiger partial charge in [-0.25, -0.2) is 10.4 Å². The molecule has 0 saturated carbocycles. The molecule has 0 amide bonds. The molecule has 0 saturated heterocycles. The Hall–Kier alpha value is -4.90. The van der Waals surface area contributed by atoms with Gasteiger partial charge in [0.05, 0.1) is 19.0 Å². The average Bonchev–Trinajstić information content (AvgIpc) is 2.88. The first-order chi connectivity index (χ1) is 17.1. The maximum Gasteiger partial charge on any atom is 0.270 e. The number of nitriles is 1. The summed E-state index contributed by atoms with van der Waals surface area (Å²) in [5, 5.41) is 13.6. The van der Waals surface area contributed by atoms with Crippen LogP contribution in [0.25, 0.3) is 11.3 Å². The molecule has 0 unspecified atom stereocenters. The normalized spacial score (nSPS) is 10.7. The van der Waals surface area contributed by atoms with Gasteiger partial charge in [0.15, 0.2) is 11.5 Å². The maximum atomic E-state index is 12.4. The lowest BCUT2D eigenvalue weighted by Crippen LogP contribution is -2.16. The van der Waals surface area contributed by atoms with Crippen LogP contribution in [0.5, 0.6) is 11.5 Å². The molecule has 8 nitrogen and oxygen atoms in total. The molecule has 0 radical (unpaired) electrons. The summed E-state index contributed by atoms with van der Waals surface area (Å²) in [5.74, 6) is 1.30. The topological polar surface area (TPSA) is 112 Å². The molecule has 4 aromatic rings. The lowest BCUT2D eigenvalue weighted by atomic mass is 10.1. The molecule has 8 heteroatoms. The van der Waals surface area contributed by atoms with E-state index in [-0.39, 0.29) is 17.2 Å². The van der Waals surface area contributed by atoms with Crippen LogP contribution >= 0.6 is 0 Å². The molecule has 35 heavy (non-hydrogen) atoms. The highest BCUT2D eigenvalue weighted by atomic mass is 16.5. The van der Waals surface area contributed by atoms with Crippen LogP contribution in [0, 0.1) is 18.3 Å². The zero-order valence-electron chi connectivity index (χ0n) is 19.3. The van der Waals surface area contributed by atoms with Gasteiger partial charge in [0.2, 0.25) is 5.95 Å². The Balaban J connectivity index is 1.53. The van der Waals surface area contributed by atoms with Gasteiger partial charge in [0.25, 0.3) is 5.56 Å². The van der Waals surface area contributed by atoms with Gasteiger partial charge in [-0.2, -0.15) is 10.4 Å². The monoisotopic (exact) mass is 465 g/mol. The fraction of sp³-hybridized carbons (Fsp3) is 0.111. The zero-order chi connectivity index (χ0) is 24.6. The lowest BCUT2D eigenvalue weighted by Gasteiger charge is -2.12. The van der Waals surface area contributed by atoms with Crippen molar-refractivity contribution in [1.29, 1.82) is 5.26 Å². The van der Waals surface area contributed by atoms with E-state index in [4.69, 9.17) is 9.47 Å². The third-order valence-electron chi connectivity index (χ3n) is 5.29. The smallest absolute Gasteiger partial charge is 0.270 e. The summed E-state index contributed by atoms with van der Waals surface area (Å²) in [6.45, 7) is 2.44. The maximum absolute atomic E-state index is 12.4. The molecule has 1 aromatic heterocycles. The molecule has 1 heterocycles. The van der Waals surface area contributed by atoms with E-state index in [1.807, 2.05) is 67.6 Å². The minimum atomic E-state index is -0.546. The van der Waals surface area contributed by atoms with Gasteiger partial charge >= 0.3 is 0 Å². The predicted octanol–water partition coefficient (Wildman–Crippen LogP) is 4.65. The Kier molecular flexibility index (Phi) is 7.19. The molecule has 0 aliphatic heterocycles. The molecule has 0 fully saturated rings. The van der Waals surface area contributed by atoms with E-state index in [0.717, 1.165) is 16.7 Å². The molecular formula is C27H23N5O3. The third-order valence-corrected chi connectivity index (χ3v) is 5.29. The van der Waals surface area contributed by atoms with Crippen molar-refractivity contribution >= 4 is 12.2 Å². The molecule has 0 aliphatic carbocycles. The van der Waals surface area contributed by atoms with Crippen molar-refractivity contribution in [2.24, 2.45) is 5.10 Å². The first-order valence-electron chi connectivity index (χ1n) is 10.8. The molecule has 0 bridgehead atoms. The standard InChI is InChI=1S/C27H23N5O3/c1-18-8-6-7-11-21(18)17-35-24-14-19(12-13-23(24)34-2)16-29-32-27-30-25(20-9-4-3-5-10-20)22(15-28)26(33)31-27/h3-14,16H,17H2,1-2H3,(H2,30,31,32,33). The van der Waals surface area contributed by atoms with Crippen LogP contribution in [-0.2, 0) is 6.61 Å². The van der Waals surface area contributed by atoms with Crippen LogP contribution in [0.4, 0.5) is 5.95 Å². The second kappa shape index (κ2) is 10.8. The molecule has 0 atom stereocenters. The Bertz CT molecular complexity index is 1460. The predicted molar refractivity (Wildman–Crippen MR) is 135 cm³/mol. The first-order valence-corrected chi connectivity index (χ1v) is 10.8. The van der Waals surface area contributed by atoms with Crippen molar-refractivity contribution in [1.82, 2.24) is 9.97 Å². The van der Waals surface area contributed by atoms with E-state index in [9.17, 15) is 10.1 Å². The number of aromatic nitrogens is 2. The summed E-state index contributed by atoms with van der Waals surface area (Å²) in [7, 11) is 1.59. The molecule has 0 aliphatic rings. The molecule has 2 N–H and O–H groups in total. The molecule has 3 aromatic carbocycles. The number of nitrogens with one attached hydrogen (secondary N) is 2. The van der Waals surface area contributed by atoms with Crippen molar-refractivity contribution in [3.63, 3.8) is 0 Å². The van der Waals surface area contributed by atoms with E-state index >= 15 is 0 Å². The van der Waals surface area contributed by atoms with Crippen LogP contribution in [0.15, 0.2) is 82.7 Å². The van der Waals surface area contributed by atoms with Gasteiger partial charge in [-0.05, 0) is 41.8 Å². The third kappa shape index (κ3) is 5.54. The quantitative estimate of drug-likeness (QED) is 0.289. The summed E-state index contributed by atoms with van der Waals surface area (Å²) in [5.41, 5.74) is 6.05. The van der Waals surface area contributed by atoms with E-state index in [0.29, 0.717) is 23.7 Å². The number of hydrogen-bond acceptors (Lipinski definition) is 7. The Morgan fingerprint density at radius 3 is 2.60 bits per heavy atom. The summed E-state index contributed by atoms with van der Waals surface area (Å²) >= 11 is 0. The highest BCUT2D eigenvalue weighted by Gasteiger charge is 2.13. The number of aryl methyl sites for hydroxylation is 1. The highest BCUT2D eigenvalue weighted by Crippen LogP contribution is 2.29. The van der Waals surface area contributed by atoms with E-state index in [2.05, 4.69) is 20.5 Å². The van der Waals surface area contributed by atoms with Crippen LogP contribution in [-0.4, -0.2) is 23.3 Å². The SMILES string of the molecule is COc1ccc(C=NNc2nc(-c3ccccc3)c(C#N)c(=O)[nH]2)cc1OCc1ccccc1C. The summed E-state index contributed by atoms with van der Waals surface area (Å²) in [4.78, 5) is 19.3. The van der Waals surface area contributed by atoms with Gasteiger partial charge in [-0.1, -0.05) is 54.6 Å². The average molecular weight is 466 g/mol. The van der Waals surface area contributed by atoms with Crippen molar-refractivity contribution in [2.45, 2.75) is 13.5 Å². The Labute approximate surface area is 202 Å². The van der Waals surface area contributed by atoms with Gasteiger partial charge in [-0.15, -0.1) is 0 Å². The fourth-order valence-electron chi connectivity index (χ4n) is 3.42.